The van der Waals surface area contributed by atoms with Gasteiger partial charge < -0.3 is 15.0 Å². The summed E-state index contributed by atoms with van der Waals surface area (Å²) in [7, 11) is 0. The summed E-state index contributed by atoms with van der Waals surface area (Å²) in [5, 5.41) is 3.66. The fourth-order valence-electron chi connectivity index (χ4n) is 2.52. The average Bonchev–Trinajstić information content (AvgIpc) is 2.97. The Balaban J connectivity index is 1.34. The summed E-state index contributed by atoms with van der Waals surface area (Å²) >= 11 is 7.32. The molecule has 1 N–H and O–H groups in total. The second-order valence-corrected chi connectivity index (χ2v) is 7.02. The van der Waals surface area contributed by atoms with Crippen molar-refractivity contribution >= 4 is 44.9 Å². The van der Waals surface area contributed by atoms with E-state index in [1.807, 2.05) is 0 Å². The van der Waals surface area contributed by atoms with Crippen LogP contribution < -0.4 is 10.1 Å². The predicted molar refractivity (Wildman–Crippen MR) is 96.0 cm³/mol. The topological polar surface area (TPSA) is 54.5 Å². The van der Waals surface area contributed by atoms with E-state index in [9.17, 15) is 9.18 Å². The van der Waals surface area contributed by atoms with Gasteiger partial charge in [-0.2, -0.15) is 4.98 Å². The number of aromatic nitrogens is 1. The van der Waals surface area contributed by atoms with Crippen molar-refractivity contribution in [2.45, 2.75) is 6.10 Å². The molecule has 8 heteroatoms. The largest absolute Gasteiger partial charge is 0.463 e. The first-order valence-corrected chi connectivity index (χ1v) is 8.82. The second kappa shape index (κ2) is 6.50. The minimum Gasteiger partial charge on any atom is -0.463 e. The van der Waals surface area contributed by atoms with Crippen molar-refractivity contribution < 1.29 is 13.9 Å². The Morgan fingerprint density at radius 2 is 2.08 bits per heavy atom. The lowest BCUT2D eigenvalue weighted by atomic mass is 10.2. The van der Waals surface area contributed by atoms with Gasteiger partial charge in [-0.15, -0.1) is 0 Å². The molecule has 3 aromatic rings. The number of benzene rings is 2. The number of para-hydroxylation sites is 2. The van der Waals surface area contributed by atoms with Gasteiger partial charge in [-0.3, -0.25) is 0 Å². The Hall–Kier alpha value is -2.38. The van der Waals surface area contributed by atoms with Crippen LogP contribution >= 0.6 is 22.9 Å². The predicted octanol–water partition coefficient (Wildman–Crippen LogP) is 4.38. The van der Waals surface area contributed by atoms with Gasteiger partial charge in [-0.1, -0.05) is 41.1 Å². The first-order chi connectivity index (χ1) is 12.1. The molecule has 0 bridgehead atoms. The first kappa shape index (κ1) is 16.1. The third-order valence-corrected chi connectivity index (χ3v) is 5.11. The number of ether oxygens (including phenoxy) is 1. The highest BCUT2D eigenvalue weighted by molar-refractivity contribution is 7.20. The van der Waals surface area contributed by atoms with Crippen molar-refractivity contribution in [2.24, 2.45) is 0 Å². The smallest absolute Gasteiger partial charge is 0.322 e. The van der Waals surface area contributed by atoms with Crippen molar-refractivity contribution in [1.29, 1.82) is 0 Å². The third-order valence-electron chi connectivity index (χ3n) is 3.87. The Kier molecular flexibility index (Phi) is 4.19. The zero-order chi connectivity index (χ0) is 17.4. The highest BCUT2D eigenvalue weighted by Gasteiger charge is 2.33. The maximum atomic E-state index is 13.7. The molecule has 1 aromatic heterocycles. The maximum Gasteiger partial charge on any atom is 0.322 e. The van der Waals surface area contributed by atoms with E-state index in [1.165, 1.54) is 17.4 Å². The maximum absolute atomic E-state index is 13.7. The Labute approximate surface area is 152 Å². The van der Waals surface area contributed by atoms with Crippen LogP contribution in [0.4, 0.5) is 14.9 Å². The Morgan fingerprint density at radius 3 is 2.84 bits per heavy atom. The van der Waals surface area contributed by atoms with E-state index >= 15 is 0 Å². The summed E-state index contributed by atoms with van der Waals surface area (Å²) in [6.07, 6.45) is -0.152. The number of carbonyl (C=O) groups excluding carboxylic acids is 1. The number of amides is 2. The number of rotatable bonds is 3. The van der Waals surface area contributed by atoms with E-state index in [-0.39, 0.29) is 18.0 Å². The van der Waals surface area contributed by atoms with Gasteiger partial charge in [0.2, 0.25) is 0 Å². The first-order valence-electron chi connectivity index (χ1n) is 7.62. The molecule has 0 radical (unpaired) electrons. The number of likely N-dealkylation sites (tertiary alicyclic amines) is 1. The molecule has 0 spiro atoms. The molecule has 1 aliphatic rings. The van der Waals surface area contributed by atoms with Crippen LogP contribution in [-0.4, -0.2) is 35.1 Å². The Bertz CT molecular complexity index is 943. The van der Waals surface area contributed by atoms with E-state index in [0.717, 1.165) is 4.70 Å². The highest BCUT2D eigenvalue weighted by atomic mass is 35.5. The second-order valence-electron chi connectivity index (χ2n) is 5.62. The molecule has 128 valence electrons. The molecule has 5 nitrogen and oxygen atoms in total. The van der Waals surface area contributed by atoms with Crippen molar-refractivity contribution in [3.05, 3.63) is 53.3 Å². The van der Waals surface area contributed by atoms with Gasteiger partial charge in [0, 0.05) is 0 Å². The molecule has 4 rings (SSSR count). The van der Waals surface area contributed by atoms with Crippen LogP contribution in [0.5, 0.6) is 5.19 Å². The lowest BCUT2D eigenvalue weighted by Crippen LogP contribution is -2.57. The molecule has 25 heavy (non-hydrogen) atoms. The highest BCUT2D eigenvalue weighted by Crippen LogP contribution is 2.31. The van der Waals surface area contributed by atoms with Gasteiger partial charge in [0.05, 0.1) is 28.5 Å². The number of hydrogen-bond donors (Lipinski definition) is 1. The van der Waals surface area contributed by atoms with Crippen molar-refractivity contribution in [3.8, 4) is 5.19 Å². The fraction of sp³-hybridized carbons (Fsp3) is 0.176. The molecule has 2 amide bonds. The van der Waals surface area contributed by atoms with Crippen LogP contribution in [0, 0.1) is 5.82 Å². The zero-order valence-electron chi connectivity index (χ0n) is 12.9. The number of hydrogen-bond acceptors (Lipinski definition) is 4. The van der Waals surface area contributed by atoms with Gasteiger partial charge in [0.1, 0.15) is 17.4 Å². The van der Waals surface area contributed by atoms with Crippen LogP contribution in [0.1, 0.15) is 0 Å². The quantitative estimate of drug-likeness (QED) is 0.736. The Morgan fingerprint density at radius 1 is 1.28 bits per heavy atom. The lowest BCUT2D eigenvalue weighted by Gasteiger charge is -2.38. The van der Waals surface area contributed by atoms with E-state index < -0.39 is 0 Å². The summed E-state index contributed by atoms with van der Waals surface area (Å²) in [4.78, 5) is 17.9. The normalized spacial score (nSPS) is 14.4. The number of halogens is 2. The molecule has 0 aliphatic carbocycles. The third kappa shape index (κ3) is 3.25. The van der Waals surface area contributed by atoms with Crippen LogP contribution in [-0.2, 0) is 0 Å². The summed E-state index contributed by atoms with van der Waals surface area (Å²) in [6.45, 7) is 0.878. The van der Waals surface area contributed by atoms with Crippen molar-refractivity contribution in [2.75, 3.05) is 18.4 Å². The standard InChI is InChI=1S/C17H13ClFN3O2S/c18-11-4-1-2-6-13(11)20-16(23)22-8-10(9-22)24-17-21-15-12(19)5-3-7-14(15)25-17/h1-7,10H,8-9H2,(H,20,23). The van der Waals surface area contributed by atoms with Gasteiger partial charge >= 0.3 is 6.03 Å². The van der Waals surface area contributed by atoms with Crippen LogP contribution in [0.2, 0.25) is 5.02 Å². The number of fused-ring (bicyclic) bond motifs is 1. The number of urea groups is 1. The number of anilines is 1. The van der Waals surface area contributed by atoms with Crippen LogP contribution in [0.25, 0.3) is 10.2 Å². The van der Waals surface area contributed by atoms with Gasteiger partial charge in [0.15, 0.2) is 0 Å². The number of nitrogens with one attached hydrogen (secondary N) is 1. The molecule has 1 saturated heterocycles. The molecular formula is C17H13ClFN3O2S. The summed E-state index contributed by atoms with van der Waals surface area (Å²) in [5.74, 6) is -0.363. The number of thiazole rings is 1. The minimum atomic E-state index is -0.363. The van der Waals surface area contributed by atoms with Crippen LogP contribution in [0.15, 0.2) is 42.5 Å². The molecule has 2 heterocycles. The van der Waals surface area contributed by atoms with Gasteiger partial charge in [-0.05, 0) is 24.3 Å². The molecule has 1 aliphatic heterocycles. The average molecular weight is 378 g/mol. The molecule has 2 aromatic carbocycles. The summed E-state index contributed by atoms with van der Waals surface area (Å²) in [6, 6.07) is 11.6. The van der Waals surface area contributed by atoms with E-state index in [2.05, 4.69) is 10.3 Å². The molecule has 0 atom stereocenters. The molecule has 1 fully saturated rings. The summed E-state index contributed by atoms with van der Waals surface area (Å²) < 4.78 is 20.1. The zero-order valence-corrected chi connectivity index (χ0v) is 14.5. The fourth-order valence-corrected chi connectivity index (χ4v) is 3.60. The van der Waals surface area contributed by atoms with E-state index in [0.29, 0.717) is 34.5 Å². The molecule has 0 saturated carbocycles. The van der Waals surface area contributed by atoms with Gasteiger partial charge in [0.25, 0.3) is 5.19 Å². The number of nitrogens with zero attached hydrogens (tertiary/aromatic N) is 2. The SMILES string of the molecule is O=C(Nc1ccccc1Cl)N1CC(Oc2nc3c(F)cccc3s2)C1. The lowest BCUT2D eigenvalue weighted by molar-refractivity contribution is 0.0492. The monoisotopic (exact) mass is 377 g/mol. The van der Waals surface area contributed by atoms with Crippen LogP contribution in [0.3, 0.4) is 0 Å². The van der Waals surface area contributed by atoms with Crippen molar-refractivity contribution in [1.82, 2.24) is 9.88 Å². The number of carbonyl (C=O) groups is 1. The van der Waals surface area contributed by atoms with Crippen molar-refractivity contribution in [3.63, 3.8) is 0 Å². The van der Waals surface area contributed by atoms with E-state index in [4.69, 9.17) is 16.3 Å². The van der Waals surface area contributed by atoms with E-state index in [1.54, 1.807) is 41.3 Å². The molecular weight excluding hydrogens is 365 g/mol. The summed E-state index contributed by atoms with van der Waals surface area (Å²) in [5.41, 5.74) is 0.885. The minimum absolute atomic E-state index is 0.152. The molecule has 0 unspecified atom stereocenters. The van der Waals surface area contributed by atoms with Gasteiger partial charge in [-0.25, -0.2) is 9.18 Å².